The van der Waals surface area contributed by atoms with Crippen LogP contribution in [0.3, 0.4) is 0 Å². The Morgan fingerprint density at radius 3 is 2.83 bits per heavy atom. The summed E-state index contributed by atoms with van der Waals surface area (Å²) in [5.74, 6) is 0. The first-order valence-corrected chi connectivity index (χ1v) is 9.12. The molecule has 114 valence electrons. The van der Waals surface area contributed by atoms with Crippen molar-refractivity contribution in [1.29, 1.82) is 0 Å². The quantitative estimate of drug-likeness (QED) is 0.563. The molecule has 0 spiro atoms. The predicted octanol–water partition coefficient (Wildman–Crippen LogP) is 5.01. The number of benzene rings is 1. The molecule has 6 heteroatoms. The van der Waals surface area contributed by atoms with Gasteiger partial charge in [-0.3, -0.25) is 4.99 Å². The predicted molar refractivity (Wildman–Crippen MR) is 98.7 cm³/mol. The summed E-state index contributed by atoms with van der Waals surface area (Å²) in [6, 6.07) is 12.5. The van der Waals surface area contributed by atoms with Gasteiger partial charge in [0.2, 0.25) is 5.28 Å². The SMILES string of the molecule is Clc1ncc(Br)c(-c2cc3c(s2)C(c2ccccc2)=NCC3)n1. The highest BCUT2D eigenvalue weighted by molar-refractivity contribution is 9.10. The normalized spacial score (nSPS) is 13.6. The number of halogens is 2. The topological polar surface area (TPSA) is 38.1 Å². The molecule has 0 radical (unpaired) electrons. The number of hydrogen-bond acceptors (Lipinski definition) is 4. The van der Waals surface area contributed by atoms with Gasteiger partial charge in [-0.25, -0.2) is 9.97 Å². The lowest BCUT2D eigenvalue weighted by Gasteiger charge is -2.12. The van der Waals surface area contributed by atoms with E-state index < -0.39 is 0 Å². The van der Waals surface area contributed by atoms with Crippen molar-refractivity contribution in [3.63, 3.8) is 0 Å². The summed E-state index contributed by atoms with van der Waals surface area (Å²) in [5.41, 5.74) is 4.37. The van der Waals surface area contributed by atoms with E-state index in [0.29, 0.717) is 0 Å². The third-order valence-corrected chi connectivity index (χ3v) is 5.62. The molecule has 23 heavy (non-hydrogen) atoms. The van der Waals surface area contributed by atoms with Crippen LogP contribution >= 0.6 is 38.9 Å². The van der Waals surface area contributed by atoms with Crippen LogP contribution in [0, 0.1) is 0 Å². The molecule has 0 saturated heterocycles. The number of hydrogen-bond donors (Lipinski definition) is 0. The molecule has 0 atom stereocenters. The maximum atomic E-state index is 5.96. The first-order chi connectivity index (χ1) is 11.2. The third kappa shape index (κ3) is 2.84. The van der Waals surface area contributed by atoms with Gasteiger partial charge in [-0.15, -0.1) is 11.3 Å². The number of aromatic nitrogens is 2. The molecule has 0 aliphatic carbocycles. The fraction of sp³-hybridized carbons (Fsp3) is 0.118. The summed E-state index contributed by atoms with van der Waals surface area (Å²) in [7, 11) is 0. The second-order valence-electron chi connectivity index (χ2n) is 5.15. The Morgan fingerprint density at radius 1 is 1.17 bits per heavy atom. The summed E-state index contributed by atoms with van der Waals surface area (Å²) in [6.45, 7) is 0.819. The van der Waals surface area contributed by atoms with Gasteiger partial charge in [-0.2, -0.15) is 0 Å². The molecule has 0 N–H and O–H groups in total. The van der Waals surface area contributed by atoms with Crippen molar-refractivity contribution in [3.05, 3.63) is 68.4 Å². The minimum absolute atomic E-state index is 0.256. The van der Waals surface area contributed by atoms with E-state index >= 15 is 0 Å². The van der Waals surface area contributed by atoms with Crippen LogP contribution < -0.4 is 0 Å². The molecular weight excluding hydrogens is 394 g/mol. The summed E-state index contributed by atoms with van der Waals surface area (Å²) >= 11 is 11.2. The molecule has 0 bridgehead atoms. The van der Waals surface area contributed by atoms with Gasteiger partial charge in [0.15, 0.2) is 0 Å². The van der Waals surface area contributed by atoms with E-state index in [1.807, 2.05) is 18.2 Å². The van der Waals surface area contributed by atoms with Crippen molar-refractivity contribution < 1.29 is 0 Å². The Labute approximate surface area is 151 Å². The third-order valence-electron chi connectivity index (χ3n) is 3.67. The highest BCUT2D eigenvalue weighted by atomic mass is 79.9. The fourth-order valence-electron chi connectivity index (χ4n) is 2.63. The lowest BCUT2D eigenvalue weighted by molar-refractivity contribution is 0.953. The highest BCUT2D eigenvalue weighted by Gasteiger charge is 2.21. The molecule has 1 aromatic carbocycles. The minimum Gasteiger partial charge on any atom is -0.283 e. The second-order valence-corrected chi connectivity index (χ2v) is 7.39. The molecular formula is C17H11BrClN3S. The number of aliphatic imine (C=N–C) groups is 1. The molecule has 0 fully saturated rings. The first kappa shape index (κ1) is 15.0. The lowest BCUT2D eigenvalue weighted by Crippen LogP contribution is -2.10. The van der Waals surface area contributed by atoms with E-state index in [9.17, 15) is 0 Å². The Bertz CT molecular complexity index is 905. The zero-order valence-electron chi connectivity index (χ0n) is 12.0. The molecule has 4 rings (SSSR count). The van der Waals surface area contributed by atoms with E-state index in [-0.39, 0.29) is 5.28 Å². The molecule has 3 heterocycles. The van der Waals surface area contributed by atoms with Crippen molar-refractivity contribution in [2.75, 3.05) is 6.54 Å². The van der Waals surface area contributed by atoms with Crippen LogP contribution in [-0.2, 0) is 6.42 Å². The van der Waals surface area contributed by atoms with E-state index in [0.717, 1.165) is 39.3 Å². The minimum atomic E-state index is 0.256. The van der Waals surface area contributed by atoms with Crippen LogP contribution in [0.25, 0.3) is 10.6 Å². The van der Waals surface area contributed by atoms with Crippen LogP contribution in [0.15, 0.2) is 52.1 Å². The first-order valence-electron chi connectivity index (χ1n) is 7.14. The molecule has 0 unspecified atom stereocenters. The second kappa shape index (κ2) is 6.15. The van der Waals surface area contributed by atoms with Gasteiger partial charge >= 0.3 is 0 Å². The van der Waals surface area contributed by atoms with Crippen molar-refractivity contribution in [1.82, 2.24) is 9.97 Å². The van der Waals surface area contributed by atoms with E-state index in [1.165, 1.54) is 10.4 Å². The molecule has 0 saturated carbocycles. The maximum absolute atomic E-state index is 5.96. The van der Waals surface area contributed by atoms with Gasteiger partial charge in [-0.1, -0.05) is 30.3 Å². The average Bonchev–Trinajstić information content (AvgIpc) is 3.01. The fourth-order valence-corrected chi connectivity index (χ4v) is 4.54. The Morgan fingerprint density at radius 2 is 2.00 bits per heavy atom. The Hall–Kier alpha value is -1.56. The van der Waals surface area contributed by atoms with Gasteiger partial charge < -0.3 is 0 Å². The zero-order valence-corrected chi connectivity index (χ0v) is 15.1. The van der Waals surface area contributed by atoms with Gasteiger partial charge in [0.1, 0.15) is 0 Å². The van der Waals surface area contributed by atoms with E-state index in [2.05, 4.69) is 44.1 Å². The molecule has 2 aromatic heterocycles. The average molecular weight is 405 g/mol. The monoisotopic (exact) mass is 403 g/mol. The van der Waals surface area contributed by atoms with E-state index in [4.69, 9.17) is 16.6 Å². The van der Waals surface area contributed by atoms with Crippen molar-refractivity contribution in [3.8, 4) is 10.6 Å². The number of nitrogens with zero attached hydrogens (tertiary/aromatic N) is 3. The molecule has 1 aliphatic heterocycles. The van der Waals surface area contributed by atoms with Crippen LogP contribution in [0.2, 0.25) is 5.28 Å². The lowest BCUT2D eigenvalue weighted by atomic mass is 10.0. The highest BCUT2D eigenvalue weighted by Crippen LogP contribution is 2.37. The number of fused-ring (bicyclic) bond motifs is 1. The van der Waals surface area contributed by atoms with E-state index in [1.54, 1.807) is 17.5 Å². The standard InChI is InChI=1S/C17H11BrClN3S/c18-12-9-21-17(19)22-15(12)13-8-11-6-7-20-14(16(11)23-13)10-4-2-1-3-5-10/h1-5,8-9H,6-7H2. The Kier molecular flexibility index (Phi) is 4.01. The van der Waals surface area contributed by atoms with Crippen LogP contribution in [0.1, 0.15) is 16.0 Å². The summed E-state index contributed by atoms with van der Waals surface area (Å²) in [6.07, 6.45) is 2.65. The van der Waals surface area contributed by atoms with Crippen LogP contribution in [0.5, 0.6) is 0 Å². The van der Waals surface area contributed by atoms with Crippen molar-refractivity contribution >= 4 is 44.6 Å². The molecule has 0 amide bonds. The maximum Gasteiger partial charge on any atom is 0.222 e. The van der Waals surface area contributed by atoms with Crippen LogP contribution in [0.4, 0.5) is 0 Å². The molecule has 3 aromatic rings. The number of thiophene rings is 1. The Balaban J connectivity index is 1.82. The van der Waals surface area contributed by atoms with Gasteiger partial charge in [-0.05, 0) is 45.6 Å². The molecule has 3 nitrogen and oxygen atoms in total. The smallest absolute Gasteiger partial charge is 0.222 e. The van der Waals surface area contributed by atoms with Gasteiger partial charge in [0, 0.05) is 18.3 Å². The summed E-state index contributed by atoms with van der Waals surface area (Å²) in [5, 5.41) is 0.256. The van der Waals surface area contributed by atoms with Crippen LogP contribution in [-0.4, -0.2) is 22.2 Å². The summed E-state index contributed by atoms with van der Waals surface area (Å²) < 4.78 is 0.846. The largest absolute Gasteiger partial charge is 0.283 e. The molecule has 1 aliphatic rings. The van der Waals surface area contributed by atoms with Crippen molar-refractivity contribution in [2.24, 2.45) is 4.99 Å². The van der Waals surface area contributed by atoms with Crippen molar-refractivity contribution in [2.45, 2.75) is 6.42 Å². The zero-order chi connectivity index (χ0) is 15.8. The number of rotatable bonds is 2. The van der Waals surface area contributed by atoms with Gasteiger partial charge in [0.05, 0.1) is 25.6 Å². The summed E-state index contributed by atoms with van der Waals surface area (Å²) in [4.78, 5) is 15.4. The van der Waals surface area contributed by atoms with Gasteiger partial charge in [0.25, 0.3) is 0 Å².